The molecule has 5 heteroatoms. The molecule has 1 N–H and O–H groups in total. The summed E-state index contributed by atoms with van der Waals surface area (Å²) in [5, 5.41) is 8.74. The molecule has 0 atom stereocenters. The first-order chi connectivity index (χ1) is 9.63. The number of fused-ring (bicyclic) bond motifs is 1. The van der Waals surface area contributed by atoms with Gasteiger partial charge < -0.3 is 4.98 Å². The summed E-state index contributed by atoms with van der Waals surface area (Å²) < 4.78 is 0. The van der Waals surface area contributed by atoms with Crippen LogP contribution < -0.4 is 0 Å². The SMILES string of the molecule is [C-]#[N+]/C(C#N)=C\Cc1c[nH]c2ncc(CC(C)C)nc12. The Labute approximate surface area is 117 Å². The molecule has 0 saturated heterocycles. The van der Waals surface area contributed by atoms with Crippen molar-refractivity contribution in [2.75, 3.05) is 0 Å². The zero-order valence-corrected chi connectivity index (χ0v) is 11.5. The van der Waals surface area contributed by atoms with E-state index < -0.39 is 0 Å². The Morgan fingerprint density at radius 2 is 2.40 bits per heavy atom. The minimum absolute atomic E-state index is 0.102. The number of aromatic amines is 1. The molecule has 0 unspecified atom stereocenters. The highest BCUT2D eigenvalue weighted by Crippen LogP contribution is 2.17. The van der Waals surface area contributed by atoms with Crippen molar-refractivity contribution < 1.29 is 0 Å². The van der Waals surface area contributed by atoms with Crippen LogP contribution in [0.1, 0.15) is 25.1 Å². The quantitative estimate of drug-likeness (QED) is 0.682. The summed E-state index contributed by atoms with van der Waals surface area (Å²) >= 11 is 0. The summed E-state index contributed by atoms with van der Waals surface area (Å²) in [5.41, 5.74) is 3.58. The van der Waals surface area contributed by atoms with Crippen molar-refractivity contribution in [2.24, 2.45) is 5.92 Å². The lowest BCUT2D eigenvalue weighted by Gasteiger charge is -2.03. The number of allylic oxidation sites excluding steroid dienone is 2. The second-order valence-corrected chi connectivity index (χ2v) is 4.99. The number of nitrogens with one attached hydrogen (secondary N) is 1. The van der Waals surface area contributed by atoms with E-state index in [1.54, 1.807) is 12.3 Å². The number of nitrogens with zero attached hydrogens (tertiary/aromatic N) is 4. The van der Waals surface area contributed by atoms with Crippen LogP contribution in [0.15, 0.2) is 24.2 Å². The number of H-pyrrole nitrogens is 1. The molecule has 2 rings (SSSR count). The molecule has 0 aromatic carbocycles. The van der Waals surface area contributed by atoms with E-state index in [2.05, 4.69) is 33.6 Å². The molecule has 2 heterocycles. The molecular weight excluding hydrogens is 250 g/mol. The van der Waals surface area contributed by atoms with Crippen molar-refractivity contribution in [3.8, 4) is 6.07 Å². The minimum atomic E-state index is 0.102. The van der Waals surface area contributed by atoms with Gasteiger partial charge in [0.1, 0.15) is 5.52 Å². The third-order valence-corrected chi connectivity index (χ3v) is 2.88. The maximum atomic E-state index is 8.74. The van der Waals surface area contributed by atoms with Crippen LogP contribution in [0.25, 0.3) is 16.0 Å². The average molecular weight is 265 g/mol. The monoisotopic (exact) mass is 265 g/mol. The molecule has 0 bridgehead atoms. The first-order valence-electron chi connectivity index (χ1n) is 6.43. The highest BCUT2D eigenvalue weighted by molar-refractivity contribution is 5.75. The van der Waals surface area contributed by atoms with Crippen molar-refractivity contribution in [1.82, 2.24) is 15.0 Å². The third kappa shape index (κ3) is 3.02. The summed E-state index contributed by atoms with van der Waals surface area (Å²) in [6.07, 6.45) is 6.63. The maximum absolute atomic E-state index is 8.74. The van der Waals surface area contributed by atoms with Gasteiger partial charge in [0.15, 0.2) is 5.65 Å². The lowest BCUT2D eigenvalue weighted by molar-refractivity contribution is 0.635. The Hall–Kier alpha value is -2.66. The Kier molecular flexibility index (Phi) is 4.12. The molecule has 0 radical (unpaired) electrons. The summed E-state index contributed by atoms with van der Waals surface area (Å²) in [4.78, 5) is 15.2. The van der Waals surface area contributed by atoms with Gasteiger partial charge >= 0.3 is 0 Å². The van der Waals surface area contributed by atoms with Gasteiger partial charge in [0.25, 0.3) is 5.70 Å². The van der Waals surface area contributed by atoms with Gasteiger partial charge in [-0.25, -0.2) is 20.1 Å². The number of rotatable bonds is 4. The number of hydrogen-bond donors (Lipinski definition) is 1. The van der Waals surface area contributed by atoms with Crippen LogP contribution in [0.4, 0.5) is 0 Å². The fraction of sp³-hybridized carbons (Fsp3) is 0.333. The lowest BCUT2D eigenvalue weighted by atomic mass is 10.1. The molecule has 100 valence electrons. The van der Waals surface area contributed by atoms with E-state index in [1.807, 2.05) is 12.3 Å². The highest BCUT2D eigenvalue weighted by Gasteiger charge is 2.08. The van der Waals surface area contributed by atoms with Gasteiger partial charge in [-0.3, -0.25) is 0 Å². The topological polar surface area (TPSA) is 69.7 Å². The van der Waals surface area contributed by atoms with Gasteiger partial charge in [0.2, 0.25) is 0 Å². The van der Waals surface area contributed by atoms with Crippen LogP contribution in [0.2, 0.25) is 0 Å². The Morgan fingerprint density at radius 3 is 3.05 bits per heavy atom. The van der Waals surface area contributed by atoms with Gasteiger partial charge in [-0.2, -0.15) is 0 Å². The predicted molar refractivity (Wildman–Crippen MR) is 76.4 cm³/mol. The largest absolute Gasteiger partial charge is 0.345 e. The Balaban J connectivity index is 2.33. The summed E-state index contributed by atoms with van der Waals surface area (Å²) in [6.45, 7) is 11.1. The molecule has 5 nitrogen and oxygen atoms in total. The maximum Gasteiger partial charge on any atom is 0.258 e. The van der Waals surface area contributed by atoms with Crippen LogP contribution in [-0.4, -0.2) is 15.0 Å². The van der Waals surface area contributed by atoms with E-state index >= 15 is 0 Å². The zero-order chi connectivity index (χ0) is 14.5. The fourth-order valence-corrected chi connectivity index (χ4v) is 1.97. The molecule has 0 fully saturated rings. The van der Waals surface area contributed by atoms with Crippen LogP contribution in [0.5, 0.6) is 0 Å². The summed E-state index contributed by atoms with van der Waals surface area (Å²) in [6, 6.07) is 1.86. The van der Waals surface area contributed by atoms with Crippen LogP contribution >= 0.6 is 0 Å². The van der Waals surface area contributed by atoms with E-state index in [-0.39, 0.29) is 5.70 Å². The number of hydrogen-bond acceptors (Lipinski definition) is 3. The highest BCUT2D eigenvalue weighted by atomic mass is 14.9. The van der Waals surface area contributed by atoms with Gasteiger partial charge in [-0.15, -0.1) is 0 Å². The predicted octanol–water partition coefficient (Wildman–Crippen LogP) is 3.03. The van der Waals surface area contributed by atoms with Crippen LogP contribution in [0.3, 0.4) is 0 Å². The van der Waals surface area contributed by atoms with Crippen molar-refractivity contribution in [3.05, 3.63) is 46.8 Å². The Morgan fingerprint density at radius 1 is 1.60 bits per heavy atom. The molecule has 0 aliphatic carbocycles. The van der Waals surface area contributed by atoms with Crippen molar-refractivity contribution in [3.63, 3.8) is 0 Å². The van der Waals surface area contributed by atoms with Crippen molar-refractivity contribution in [1.29, 1.82) is 5.26 Å². The second-order valence-electron chi connectivity index (χ2n) is 4.99. The molecule has 0 spiro atoms. The Bertz CT molecular complexity index is 709. The summed E-state index contributed by atoms with van der Waals surface area (Å²) in [5.74, 6) is 0.524. The van der Waals surface area contributed by atoms with Gasteiger partial charge in [-0.05, 0) is 18.8 Å². The first kappa shape index (κ1) is 13.8. The van der Waals surface area contributed by atoms with Crippen molar-refractivity contribution >= 4 is 11.2 Å². The standard InChI is InChI=1S/C15H15N5/c1-10(2)6-13-9-19-15-14(20-13)11(8-18-15)4-5-12(7-16)17-3/h5,8-10H,4,6H2,1-2H3,(H,18,19)/b12-5-. The minimum Gasteiger partial charge on any atom is -0.345 e. The van der Waals surface area contributed by atoms with Crippen molar-refractivity contribution in [2.45, 2.75) is 26.7 Å². The van der Waals surface area contributed by atoms with E-state index in [0.717, 1.165) is 28.8 Å². The van der Waals surface area contributed by atoms with Gasteiger partial charge in [0.05, 0.1) is 24.5 Å². The zero-order valence-electron chi connectivity index (χ0n) is 11.5. The first-order valence-corrected chi connectivity index (χ1v) is 6.43. The molecule has 0 amide bonds. The molecule has 0 aliphatic rings. The molecule has 0 aliphatic heterocycles. The van der Waals surface area contributed by atoms with Crippen LogP contribution in [-0.2, 0) is 12.8 Å². The van der Waals surface area contributed by atoms with Crippen LogP contribution in [0, 0.1) is 23.8 Å². The average Bonchev–Trinajstić information content (AvgIpc) is 2.82. The fourth-order valence-electron chi connectivity index (χ4n) is 1.97. The normalized spacial score (nSPS) is 11.6. The molecule has 2 aromatic rings. The van der Waals surface area contributed by atoms with E-state index in [9.17, 15) is 0 Å². The van der Waals surface area contributed by atoms with E-state index in [4.69, 9.17) is 11.8 Å². The second kappa shape index (κ2) is 5.99. The molecule has 20 heavy (non-hydrogen) atoms. The molecular formula is C15H15N5. The van der Waals surface area contributed by atoms with Gasteiger partial charge in [0, 0.05) is 11.8 Å². The summed E-state index contributed by atoms with van der Waals surface area (Å²) in [7, 11) is 0. The molecule has 2 aromatic heterocycles. The third-order valence-electron chi connectivity index (χ3n) is 2.88. The van der Waals surface area contributed by atoms with E-state index in [1.165, 1.54) is 0 Å². The number of nitriles is 1. The lowest BCUT2D eigenvalue weighted by Crippen LogP contribution is -1.98. The van der Waals surface area contributed by atoms with Gasteiger partial charge in [-0.1, -0.05) is 19.9 Å². The smallest absolute Gasteiger partial charge is 0.258 e. The number of aromatic nitrogens is 3. The molecule has 0 saturated carbocycles. The van der Waals surface area contributed by atoms with E-state index in [0.29, 0.717) is 12.3 Å².